The molecule has 2 aromatic heterocycles. The standard InChI is InChI=1S/C18H25N3O/c1-12-10-13(2)20-17(11-12)19-14(3)18(20)21(15(4)22)16-8-6-5-7-9-16/h10-11,16H,5-9H2,1-4H3. The van der Waals surface area contributed by atoms with Crippen molar-refractivity contribution in [1.82, 2.24) is 9.38 Å². The SMILES string of the molecule is CC(=O)N(c1c(C)nc2cc(C)cc(C)n12)C1CCCCC1. The van der Waals surface area contributed by atoms with Crippen LogP contribution in [-0.2, 0) is 4.79 Å². The van der Waals surface area contributed by atoms with E-state index in [1.165, 1.54) is 24.8 Å². The Kier molecular flexibility index (Phi) is 3.94. The summed E-state index contributed by atoms with van der Waals surface area (Å²) < 4.78 is 2.14. The van der Waals surface area contributed by atoms with Gasteiger partial charge in [-0.3, -0.25) is 14.1 Å². The summed E-state index contributed by atoms with van der Waals surface area (Å²) in [7, 11) is 0. The minimum atomic E-state index is 0.122. The van der Waals surface area contributed by atoms with Crippen LogP contribution in [0.5, 0.6) is 0 Å². The Balaban J connectivity index is 2.17. The molecule has 1 saturated carbocycles. The highest BCUT2D eigenvalue weighted by molar-refractivity contribution is 5.92. The third-order valence-electron chi connectivity index (χ3n) is 4.70. The molecule has 22 heavy (non-hydrogen) atoms. The third-order valence-corrected chi connectivity index (χ3v) is 4.70. The maximum Gasteiger partial charge on any atom is 0.225 e. The van der Waals surface area contributed by atoms with Gasteiger partial charge in [-0.05, 0) is 51.3 Å². The van der Waals surface area contributed by atoms with Crippen LogP contribution in [0, 0.1) is 20.8 Å². The summed E-state index contributed by atoms with van der Waals surface area (Å²) in [6, 6.07) is 4.55. The average molecular weight is 299 g/mol. The van der Waals surface area contributed by atoms with Crippen LogP contribution in [-0.4, -0.2) is 21.3 Å². The number of hydrogen-bond donors (Lipinski definition) is 0. The van der Waals surface area contributed by atoms with Crippen molar-refractivity contribution in [3.63, 3.8) is 0 Å². The number of amides is 1. The molecule has 1 aliphatic carbocycles. The van der Waals surface area contributed by atoms with E-state index in [0.29, 0.717) is 6.04 Å². The summed E-state index contributed by atoms with van der Waals surface area (Å²) in [6.07, 6.45) is 5.89. The van der Waals surface area contributed by atoms with Crippen LogP contribution < -0.4 is 4.90 Å². The van der Waals surface area contributed by atoms with E-state index in [1.54, 1.807) is 6.92 Å². The average Bonchev–Trinajstić information content (AvgIpc) is 2.76. The number of hydrogen-bond acceptors (Lipinski definition) is 2. The van der Waals surface area contributed by atoms with Crippen LogP contribution >= 0.6 is 0 Å². The van der Waals surface area contributed by atoms with E-state index >= 15 is 0 Å². The molecule has 0 aromatic carbocycles. The molecule has 0 bridgehead atoms. The van der Waals surface area contributed by atoms with Crippen LogP contribution in [0.2, 0.25) is 0 Å². The van der Waals surface area contributed by atoms with Gasteiger partial charge in [0.1, 0.15) is 11.5 Å². The van der Waals surface area contributed by atoms with Gasteiger partial charge in [-0.15, -0.1) is 0 Å². The number of rotatable bonds is 2. The Morgan fingerprint density at radius 1 is 1.18 bits per heavy atom. The fourth-order valence-corrected chi connectivity index (χ4v) is 3.83. The van der Waals surface area contributed by atoms with Gasteiger partial charge in [0.2, 0.25) is 5.91 Å². The van der Waals surface area contributed by atoms with Gasteiger partial charge in [0.05, 0.1) is 5.69 Å². The molecule has 2 heterocycles. The zero-order valence-electron chi connectivity index (χ0n) is 14.0. The molecule has 1 amide bonds. The van der Waals surface area contributed by atoms with Gasteiger partial charge in [-0.1, -0.05) is 19.3 Å². The zero-order chi connectivity index (χ0) is 15.9. The van der Waals surface area contributed by atoms with E-state index in [0.717, 1.165) is 35.7 Å². The van der Waals surface area contributed by atoms with E-state index in [1.807, 2.05) is 11.8 Å². The molecule has 0 atom stereocenters. The second-order valence-electron chi connectivity index (χ2n) is 6.57. The Morgan fingerprint density at radius 3 is 2.50 bits per heavy atom. The van der Waals surface area contributed by atoms with E-state index in [2.05, 4.69) is 30.4 Å². The molecule has 1 fully saturated rings. The summed E-state index contributed by atoms with van der Waals surface area (Å²) in [5.74, 6) is 1.09. The number of nitrogens with zero attached hydrogens (tertiary/aromatic N) is 3. The highest BCUT2D eigenvalue weighted by atomic mass is 16.2. The second kappa shape index (κ2) is 5.75. The first-order chi connectivity index (χ1) is 10.5. The number of carbonyl (C=O) groups is 1. The zero-order valence-corrected chi connectivity index (χ0v) is 14.0. The molecule has 118 valence electrons. The number of fused-ring (bicyclic) bond motifs is 1. The number of carbonyl (C=O) groups excluding carboxylic acids is 1. The summed E-state index contributed by atoms with van der Waals surface area (Å²) in [6.45, 7) is 7.86. The van der Waals surface area contributed by atoms with Gasteiger partial charge in [0.25, 0.3) is 0 Å². The molecule has 0 aliphatic heterocycles. The lowest BCUT2D eigenvalue weighted by Gasteiger charge is -2.33. The van der Waals surface area contributed by atoms with Gasteiger partial charge < -0.3 is 0 Å². The van der Waals surface area contributed by atoms with Gasteiger partial charge in [0.15, 0.2) is 0 Å². The maximum absolute atomic E-state index is 12.4. The molecule has 1 aliphatic rings. The number of pyridine rings is 1. The topological polar surface area (TPSA) is 37.6 Å². The van der Waals surface area contributed by atoms with E-state index in [-0.39, 0.29) is 5.91 Å². The van der Waals surface area contributed by atoms with Crippen LogP contribution in [0.25, 0.3) is 5.65 Å². The molecule has 0 unspecified atom stereocenters. The maximum atomic E-state index is 12.4. The van der Waals surface area contributed by atoms with Crippen LogP contribution in [0.3, 0.4) is 0 Å². The van der Waals surface area contributed by atoms with E-state index in [9.17, 15) is 4.79 Å². The Hall–Kier alpha value is -1.84. The molecule has 0 radical (unpaired) electrons. The van der Waals surface area contributed by atoms with Crippen molar-refractivity contribution >= 4 is 17.4 Å². The van der Waals surface area contributed by atoms with Crippen LogP contribution in [0.4, 0.5) is 5.82 Å². The van der Waals surface area contributed by atoms with Crippen molar-refractivity contribution < 1.29 is 4.79 Å². The highest BCUT2D eigenvalue weighted by Gasteiger charge is 2.29. The molecule has 0 spiro atoms. The van der Waals surface area contributed by atoms with Crippen molar-refractivity contribution in [3.8, 4) is 0 Å². The lowest BCUT2D eigenvalue weighted by atomic mass is 9.94. The molecular formula is C18H25N3O. The predicted octanol–water partition coefficient (Wildman–Crippen LogP) is 3.95. The summed E-state index contributed by atoms with van der Waals surface area (Å²) in [5, 5.41) is 0. The fourth-order valence-electron chi connectivity index (χ4n) is 3.83. The Labute approximate surface area is 132 Å². The highest BCUT2D eigenvalue weighted by Crippen LogP contribution is 2.31. The molecule has 0 N–H and O–H groups in total. The first-order valence-electron chi connectivity index (χ1n) is 8.25. The fraction of sp³-hybridized carbons (Fsp3) is 0.556. The van der Waals surface area contributed by atoms with Crippen molar-refractivity contribution in [2.24, 2.45) is 0 Å². The van der Waals surface area contributed by atoms with Crippen molar-refractivity contribution in [3.05, 3.63) is 29.1 Å². The van der Waals surface area contributed by atoms with Gasteiger partial charge in [-0.25, -0.2) is 4.98 Å². The minimum absolute atomic E-state index is 0.122. The Bertz CT molecular complexity index is 711. The summed E-state index contributed by atoms with van der Waals surface area (Å²) in [4.78, 5) is 19.1. The minimum Gasteiger partial charge on any atom is -0.294 e. The number of aromatic nitrogens is 2. The monoisotopic (exact) mass is 299 g/mol. The lowest BCUT2D eigenvalue weighted by molar-refractivity contribution is -0.117. The van der Waals surface area contributed by atoms with E-state index in [4.69, 9.17) is 4.98 Å². The van der Waals surface area contributed by atoms with Crippen molar-refractivity contribution in [2.45, 2.75) is 65.8 Å². The molecule has 3 rings (SSSR count). The van der Waals surface area contributed by atoms with Gasteiger partial charge >= 0.3 is 0 Å². The van der Waals surface area contributed by atoms with Crippen molar-refractivity contribution in [1.29, 1.82) is 0 Å². The molecule has 4 nitrogen and oxygen atoms in total. The second-order valence-corrected chi connectivity index (χ2v) is 6.57. The first-order valence-corrected chi connectivity index (χ1v) is 8.25. The van der Waals surface area contributed by atoms with Crippen LogP contribution in [0.15, 0.2) is 12.1 Å². The summed E-state index contributed by atoms with van der Waals surface area (Å²) in [5.41, 5.74) is 4.21. The third kappa shape index (κ3) is 2.51. The number of anilines is 1. The molecule has 4 heteroatoms. The quantitative estimate of drug-likeness (QED) is 0.842. The smallest absolute Gasteiger partial charge is 0.225 e. The summed E-state index contributed by atoms with van der Waals surface area (Å²) >= 11 is 0. The predicted molar refractivity (Wildman–Crippen MR) is 89.4 cm³/mol. The molecular weight excluding hydrogens is 274 g/mol. The largest absolute Gasteiger partial charge is 0.294 e. The van der Waals surface area contributed by atoms with E-state index < -0.39 is 0 Å². The van der Waals surface area contributed by atoms with Gasteiger partial charge in [-0.2, -0.15) is 0 Å². The first kappa shape index (κ1) is 15.1. The molecule has 2 aromatic rings. The van der Waals surface area contributed by atoms with Crippen molar-refractivity contribution in [2.75, 3.05) is 4.90 Å². The van der Waals surface area contributed by atoms with Gasteiger partial charge in [0, 0.05) is 18.7 Å². The number of aryl methyl sites for hydroxylation is 3. The van der Waals surface area contributed by atoms with Crippen LogP contribution in [0.1, 0.15) is 56.0 Å². The normalized spacial score (nSPS) is 16.2. The number of imidazole rings is 1. The Morgan fingerprint density at radius 2 is 1.86 bits per heavy atom. The lowest BCUT2D eigenvalue weighted by Crippen LogP contribution is -2.41. The molecule has 0 saturated heterocycles.